The Morgan fingerprint density at radius 2 is 1.85 bits per heavy atom. The fraction of sp³-hybridized carbons (Fsp3) is 0.172. The Morgan fingerprint density at radius 1 is 1.02 bits per heavy atom. The molecule has 1 atom stereocenters. The van der Waals surface area contributed by atoms with Crippen molar-refractivity contribution >= 4 is 18.0 Å². The molecule has 11 nitrogen and oxygen atoms in total. The summed E-state index contributed by atoms with van der Waals surface area (Å²) in [6.07, 6.45) is 3.00. The number of esters is 2. The summed E-state index contributed by atoms with van der Waals surface area (Å²) < 4.78 is 23.2. The van der Waals surface area contributed by atoms with E-state index >= 15 is 0 Å². The molecule has 0 bridgehead atoms. The molecule has 0 saturated heterocycles. The molecule has 2 aromatic heterocycles. The van der Waals surface area contributed by atoms with Crippen molar-refractivity contribution in [3.05, 3.63) is 102 Å². The van der Waals surface area contributed by atoms with Gasteiger partial charge in [0.25, 0.3) is 0 Å². The maximum atomic E-state index is 13.5. The fourth-order valence-corrected chi connectivity index (χ4v) is 4.29. The highest BCUT2D eigenvalue weighted by Gasteiger charge is 2.36. The van der Waals surface area contributed by atoms with Crippen LogP contribution in [0.15, 0.2) is 94.9 Å². The number of nitrogens with one attached hydrogen (secondary N) is 2. The Hall–Kier alpha value is -5.32. The third-order valence-corrected chi connectivity index (χ3v) is 6.12. The quantitative estimate of drug-likeness (QED) is 0.301. The number of furan rings is 1. The van der Waals surface area contributed by atoms with E-state index in [2.05, 4.69) is 15.7 Å². The maximum Gasteiger partial charge on any atom is 0.342 e. The van der Waals surface area contributed by atoms with E-state index in [-0.39, 0.29) is 23.4 Å². The predicted octanol–water partition coefficient (Wildman–Crippen LogP) is 4.17. The zero-order valence-electron chi connectivity index (χ0n) is 21.7. The second kappa shape index (κ2) is 11.6. The molecule has 0 fully saturated rings. The predicted molar refractivity (Wildman–Crippen MR) is 143 cm³/mol. The smallest absolute Gasteiger partial charge is 0.342 e. The number of ether oxygens (including phenoxy) is 3. The topological polar surface area (TPSA) is 134 Å². The molecule has 11 heteroatoms. The molecule has 0 spiro atoms. The summed E-state index contributed by atoms with van der Waals surface area (Å²) in [4.78, 5) is 38.9. The van der Waals surface area contributed by atoms with Gasteiger partial charge in [-0.1, -0.05) is 30.3 Å². The van der Waals surface area contributed by atoms with E-state index < -0.39 is 30.6 Å². The molecule has 1 aliphatic heterocycles. The second-order valence-corrected chi connectivity index (χ2v) is 8.64. The van der Waals surface area contributed by atoms with Gasteiger partial charge in [0.15, 0.2) is 0 Å². The Bertz CT molecular complexity index is 1560. The van der Waals surface area contributed by atoms with Gasteiger partial charge in [0, 0.05) is 11.8 Å². The summed E-state index contributed by atoms with van der Waals surface area (Å²) in [5.74, 6) is -0.475. The summed E-state index contributed by atoms with van der Waals surface area (Å²) in [5, 5.41) is 9.87. The molecule has 2 N–H and O–H groups in total. The van der Waals surface area contributed by atoms with Gasteiger partial charge in [0.1, 0.15) is 35.4 Å². The summed E-state index contributed by atoms with van der Waals surface area (Å²) in [5.41, 5.74) is 2.08. The van der Waals surface area contributed by atoms with Gasteiger partial charge in [-0.3, -0.25) is 0 Å². The van der Waals surface area contributed by atoms with Crippen LogP contribution in [-0.2, 0) is 14.3 Å². The van der Waals surface area contributed by atoms with Gasteiger partial charge < -0.3 is 29.3 Å². The van der Waals surface area contributed by atoms with Crippen molar-refractivity contribution in [2.45, 2.75) is 13.0 Å². The molecule has 5 rings (SSSR count). The molecule has 0 unspecified atom stereocenters. The van der Waals surface area contributed by atoms with Crippen molar-refractivity contribution in [1.82, 2.24) is 20.4 Å². The van der Waals surface area contributed by atoms with Crippen LogP contribution in [0.2, 0.25) is 0 Å². The van der Waals surface area contributed by atoms with Crippen LogP contribution in [0.4, 0.5) is 4.79 Å². The van der Waals surface area contributed by atoms with E-state index in [4.69, 9.17) is 18.6 Å². The van der Waals surface area contributed by atoms with E-state index in [1.807, 2.05) is 30.3 Å². The first-order chi connectivity index (χ1) is 19.5. The minimum Gasteiger partial charge on any atom is -0.497 e. The van der Waals surface area contributed by atoms with Crippen molar-refractivity contribution < 1.29 is 33.0 Å². The molecule has 4 aromatic rings. The van der Waals surface area contributed by atoms with Gasteiger partial charge >= 0.3 is 18.0 Å². The first-order valence-corrected chi connectivity index (χ1v) is 12.5. The molecular formula is C29H26N4O7. The lowest BCUT2D eigenvalue weighted by atomic mass is 10.0. The van der Waals surface area contributed by atoms with Crippen LogP contribution in [0.5, 0.6) is 5.75 Å². The molecule has 204 valence electrons. The van der Waals surface area contributed by atoms with E-state index in [0.29, 0.717) is 22.8 Å². The molecule has 0 radical (unpaired) electrons. The number of benzene rings is 2. The number of para-hydroxylation sites is 1. The minimum absolute atomic E-state index is 0.0669. The fourth-order valence-electron chi connectivity index (χ4n) is 4.29. The lowest BCUT2D eigenvalue weighted by Crippen LogP contribution is -2.47. The van der Waals surface area contributed by atoms with Crippen LogP contribution in [0.25, 0.3) is 16.9 Å². The van der Waals surface area contributed by atoms with Gasteiger partial charge in [-0.2, -0.15) is 5.10 Å². The highest BCUT2D eigenvalue weighted by atomic mass is 16.5. The van der Waals surface area contributed by atoms with E-state index in [1.165, 1.54) is 6.26 Å². The molecule has 2 amide bonds. The van der Waals surface area contributed by atoms with Crippen LogP contribution < -0.4 is 15.4 Å². The first-order valence-electron chi connectivity index (χ1n) is 12.5. The van der Waals surface area contributed by atoms with Crippen molar-refractivity contribution in [3.63, 3.8) is 0 Å². The summed E-state index contributed by atoms with van der Waals surface area (Å²) >= 11 is 0. The average molecular weight is 543 g/mol. The number of hydrogen-bond acceptors (Lipinski definition) is 8. The Kier molecular flexibility index (Phi) is 7.63. The van der Waals surface area contributed by atoms with Crippen molar-refractivity contribution in [1.29, 1.82) is 0 Å². The van der Waals surface area contributed by atoms with E-state index in [9.17, 15) is 14.4 Å². The Labute approximate surface area is 229 Å². The normalized spacial score (nSPS) is 14.8. The zero-order chi connectivity index (χ0) is 28.1. The third-order valence-electron chi connectivity index (χ3n) is 6.12. The second-order valence-electron chi connectivity index (χ2n) is 8.64. The van der Waals surface area contributed by atoms with Crippen LogP contribution in [0.1, 0.15) is 29.1 Å². The third kappa shape index (κ3) is 5.44. The Morgan fingerprint density at radius 3 is 2.58 bits per heavy atom. The molecular weight excluding hydrogens is 516 g/mol. The average Bonchev–Trinajstić information content (AvgIpc) is 3.67. The zero-order valence-corrected chi connectivity index (χ0v) is 21.7. The number of carbonyl (C=O) groups is 3. The molecule has 0 aliphatic carbocycles. The number of urea groups is 1. The van der Waals surface area contributed by atoms with Crippen LogP contribution in [0, 0.1) is 0 Å². The van der Waals surface area contributed by atoms with Gasteiger partial charge in [-0.05, 0) is 43.3 Å². The number of amides is 2. The van der Waals surface area contributed by atoms with Crippen molar-refractivity contribution in [2.24, 2.45) is 0 Å². The van der Waals surface area contributed by atoms with Crippen molar-refractivity contribution in [3.8, 4) is 22.7 Å². The number of carbonyl (C=O) groups excluding carboxylic acids is 3. The van der Waals surface area contributed by atoms with E-state index in [0.717, 1.165) is 5.69 Å². The van der Waals surface area contributed by atoms with Gasteiger partial charge in [0.2, 0.25) is 0 Å². The number of methoxy groups -OCH3 is 1. The maximum absolute atomic E-state index is 13.5. The number of nitrogens with zero attached hydrogens (tertiary/aromatic N) is 2. The molecule has 1 aliphatic rings. The summed E-state index contributed by atoms with van der Waals surface area (Å²) in [7, 11) is 1.55. The Balaban J connectivity index is 1.50. The van der Waals surface area contributed by atoms with Gasteiger partial charge in [-0.25, -0.2) is 19.1 Å². The standard InChI is InChI=1S/C29H26N4O7/c1-3-38-28(35)24-22(30-29(36)31-26(24)23-13-8-14-39-23)17-40-27(34)21-16-33(19-10-5-4-6-11-19)32-25(21)18-9-7-12-20(15-18)37-2/h4-16,26H,3,17H2,1-2H3,(H2,30,31,36)/t26-/m1/s1. The van der Waals surface area contributed by atoms with Gasteiger partial charge in [-0.15, -0.1) is 0 Å². The number of hydrogen-bond donors (Lipinski definition) is 2. The summed E-state index contributed by atoms with van der Waals surface area (Å²) in [6.45, 7) is 1.36. The summed E-state index contributed by atoms with van der Waals surface area (Å²) in [6, 6.07) is 18.2. The first kappa shape index (κ1) is 26.3. The van der Waals surface area contributed by atoms with Crippen molar-refractivity contribution in [2.75, 3.05) is 20.3 Å². The SMILES string of the molecule is CCOC(=O)C1=C(COC(=O)c2cn(-c3ccccc3)nc2-c2cccc(OC)c2)NC(=O)N[C@@H]1c1ccco1. The molecule has 3 heterocycles. The van der Waals surface area contributed by atoms with Gasteiger partial charge in [0.05, 0.1) is 36.9 Å². The van der Waals surface area contributed by atoms with Crippen LogP contribution in [0.3, 0.4) is 0 Å². The highest BCUT2D eigenvalue weighted by molar-refractivity contribution is 5.97. The van der Waals surface area contributed by atoms with Crippen LogP contribution >= 0.6 is 0 Å². The molecule has 0 saturated carbocycles. The number of rotatable bonds is 9. The molecule has 2 aromatic carbocycles. The molecule has 40 heavy (non-hydrogen) atoms. The van der Waals surface area contributed by atoms with E-state index in [1.54, 1.807) is 61.3 Å². The minimum atomic E-state index is -0.926. The lowest BCUT2D eigenvalue weighted by Gasteiger charge is -2.27. The van der Waals surface area contributed by atoms with Crippen LogP contribution in [-0.4, -0.2) is 48.1 Å². The highest BCUT2D eigenvalue weighted by Crippen LogP contribution is 2.30. The number of aromatic nitrogens is 2. The lowest BCUT2D eigenvalue weighted by molar-refractivity contribution is -0.139. The monoisotopic (exact) mass is 542 g/mol. The largest absolute Gasteiger partial charge is 0.497 e.